The first-order valence-corrected chi connectivity index (χ1v) is 7.60. The fourth-order valence-corrected chi connectivity index (χ4v) is 3.57. The average molecular weight is 316 g/mol. The number of hydrogen-bond acceptors (Lipinski definition) is 1. The lowest BCUT2D eigenvalue weighted by atomic mass is 10.1. The predicted molar refractivity (Wildman–Crippen MR) is 83.3 cm³/mol. The van der Waals surface area contributed by atoms with E-state index in [0.29, 0.717) is 12.1 Å². The molecule has 0 fully saturated rings. The lowest BCUT2D eigenvalue weighted by Crippen LogP contribution is -2.32. The van der Waals surface area contributed by atoms with Gasteiger partial charge >= 0.3 is 0 Å². The summed E-state index contributed by atoms with van der Waals surface area (Å²) in [6.07, 6.45) is 2.29. The molecule has 2 heteroatoms. The molecule has 1 aliphatic rings. The summed E-state index contributed by atoms with van der Waals surface area (Å²) in [7, 11) is 0. The lowest BCUT2D eigenvalue weighted by Gasteiger charge is -2.20. The molecule has 0 unspecified atom stereocenters. The van der Waals surface area contributed by atoms with Crippen molar-refractivity contribution in [1.82, 2.24) is 5.32 Å². The van der Waals surface area contributed by atoms with Gasteiger partial charge in [0.15, 0.2) is 0 Å². The Morgan fingerprint density at radius 1 is 1.00 bits per heavy atom. The highest BCUT2D eigenvalue weighted by atomic mass is 79.9. The van der Waals surface area contributed by atoms with Gasteiger partial charge < -0.3 is 5.32 Å². The molecule has 1 N–H and O–H groups in total. The van der Waals surface area contributed by atoms with E-state index in [1.165, 1.54) is 21.2 Å². The van der Waals surface area contributed by atoms with Crippen LogP contribution in [0.4, 0.5) is 0 Å². The first kappa shape index (κ1) is 12.9. The van der Waals surface area contributed by atoms with E-state index in [2.05, 4.69) is 76.7 Å². The van der Waals surface area contributed by atoms with E-state index >= 15 is 0 Å². The largest absolute Gasteiger partial charge is 0.307 e. The van der Waals surface area contributed by atoms with Crippen LogP contribution in [-0.2, 0) is 12.8 Å². The fraction of sp³-hybridized carbons (Fsp3) is 0.294. The summed E-state index contributed by atoms with van der Waals surface area (Å²) in [5.41, 5.74) is 4.33. The van der Waals surface area contributed by atoms with Gasteiger partial charge in [-0.1, -0.05) is 58.4 Å². The van der Waals surface area contributed by atoms with E-state index < -0.39 is 0 Å². The summed E-state index contributed by atoms with van der Waals surface area (Å²) in [4.78, 5) is 0. The van der Waals surface area contributed by atoms with Crippen molar-refractivity contribution < 1.29 is 0 Å². The molecule has 0 radical (unpaired) electrons. The Morgan fingerprint density at radius 3 is 2.21 bits per heavy atom. The summed E-state index contributed by atoms with van der Waals surface area (Å²) >= 11 is 3.63. The van der Waals surface area contributed by atoms with Crippen molar-refractivity contribution in [3.63, 3.8) is 0 Å². The first-order valence-electron chi connectivity index (χ1n) is 6.81. The molecule has 0 aromatic heterocycles. The molecule has 2 aromatic carbocycles. The summed E-state index contributed by atoms with van der Waals surface area (Å²) in [6.45, 7) is 2.24. The molecule has 0 amide bonds. The predicted octanol–water partition coefficient (Wildman–Crippen LogP) is 4.27. The number of fused-ring (bicyclic) bond motifs is 1. The third-order valence-electron chi connectivity index (χ3n) is 3.91. The fourth-order valence-electron chi connectivity index (χ4n) is 2.95. The van der Waals surface area contributed by atoms with Gasteiger partial charge in [-0.05, 0) is 42.5 Å². The van der Waals surface area contributed by atoms with Gasteiger partial charge in [-0.3, -0.25) is 0 Å². The lowest BCUT2D eigenvalue weighted by molar-refractivity contribution is 0.466. The molecule has 1 atom stereocenters. The third kappa shape index (κ3) is 2.75. The highest BCUT2D eigenvalue weighted by molar-refractivity contribution is 9.10. The van der Waals surface area contributed by atoms with E-state index in [0.717, 1.165) is 12.8 Å². The van der Waals surface area contributed by atoms with Gasteiger partial charge in [-0.2, -0.15) is 0 Å². The molecule has 0 saturated carbocycles. The van der Waals surface area contributed by atoms with Crippen LogP contribution in [0.15, 0.2) is 53.0 Å². The monoisotopic (exact) mass is 315 g/mol. The van der Waals surface area contributed by atoms with Gasteiger partial charge in [-0.25, -0.2) is 0 Å². The number of halogens is 1. The molecular formula is C17H18BrN. The van der Waals surface area contributed by atoms with Crippen LogP contribution in [0.1, 0.15) is 29.7 Å². The third-order valence-corrected chi connectivity index (χ3v) is 4.63. The Morgan fingerprint density at radius 2 is 1.58 bits per heavy atom. The van der Waals surface area contributed by atoms with Crippen LogP contribution in [0.3, 0.4) is 0 Å². The van der Waals surface area contributed by atoms with Gasteiger partial charge in [0.25, 0.3) is 0 Å². The van der Waals surface area contributed by atoms with Gasteiger partial charge in [0.2, 0.25) is 0 Å². The average Bonchev–Trinajstić information content (AvgIpc) is 2.81. The molecule has 19 heavy (non-hydrogen) atoms. The zero-order valence-electron chi connectivity index (χ0n) is 11.1. The Labute approximate surface area is 123 Å². The van der Waals surface area contributed by atoms with Gasteiger partial charge in [0.05, 0.1) is 0 Å². The quantitative estimate of drug-likeness (QED) is 0.892. The van der Waals surface area contributed by atoms with Crippen LogP contribution in [0.5, 0.6) is 0 Å². The van der Waals surface area contributed by atoms with Crippen molar-refractivity contribution in [2.24, 2.45) is 0 Å². The van der Waals surface area contributed by atoms with Crippen molar-refractivity contribution in [1.29, 1.82) is 0 Å². The molecule has 0 saturated heterocycles. The number of hydrogen-bond donors (Lipinski definition) is 1. The Bertz CT molecular complexity index is 554. The standard InChI is InChI=1S/C17H18BrN/c1-12(16-8-4-5-9-17(16)18)19-15-10-13-6-2-3-7-14(13)11-15/h2-9,12,15,19H,10-11H2,1H3/t12-/m1/s1. The summed E-state index contributed by atoms with van der Waals surface area (Å²) in [5.74, 6) is 0. The normalized spacial score (nSPS) is 16.3. The van der Waals surface area contributed by atoms with E-state index in [4.69, 9.17) is 0 Å². The highest BCUT2D eigenvalue weighted by Crippen LogP contribution is 2.27. The van der Waals surface area contributed by atoms with E-state index in [1.807, 2.05) is 0 Å². The van der Waals surface area contributed by atoms with E-state index in [1.54, 1.807) is 0 Å². The second-order valence-electron chi connectivity index (χ2n) is 5.28. The summed E-state index contributed by atoms with van der Waals surface area (Å²) in [6, 6.07) is 18.2. The molecule has 0 heterocycles. The van der Waals surface area contributed by atoms with Crippen molar-refractivity contribution in [3.8, 4) is 0 Å². The molecule has 3 rings (SSSR count). The minimum Gasteiger partial charge on any atom is -0.307 e. The maximum Gasteiger partial charge on any atom is 0.0305 e. The molecule has 1 nitrogen and oxygen atoms in total. The smallest absolute Gasteiger partial charge is 0.0305 e. The van der Waals surface area contributed by atoms with Crippen LogP contribution < -0.4 is 5.32 Å². The Balaban J connectivity index is 1.69. The van der Waals surface area contributed by atoms with Crippen LogP contribution in [0, 0.1) is 0 Å². The van der Waals surface area contributed by atoms with Crippen molar-refractivity contribution in [2.75, 3.05) is 0 Å². The van der Waals surface area contributed by atoms with Crippen LogP contribution in [-0.4, -0.2) is 6.04 Å². The number of benzene rings is 2. The minimum atomic E-state index is 0.370. The number of nitrogens with one attached hydrogen (secondary N) is 1. The Kier molecular flexibility index (Phi) is 3.72. The second-order valence-corrected chi connectivity index (χ2v) is 6.14. The molecule has 1 aliphatic carbocycles. The molecular weight excluding hydrogens is 298 g/mol. The highest BCUT2D eigenvalue weighted by Gasteiger charge is 2.22. The Hall–Kier alpha value is -1.12. The topological polar surface area (TPSA) is 12.0 Å². The minimum absolute atomic E-state index is 0.370. The van der Waals surface area contributed by atoms with Crippen molar-refractivity contribution in [3.05, 3.63) is 69.7 Å². The van der Waals surface area contributed by atoms with Crippen molar-refractivity contribution >= 4 is 15.9 Å². The van der Waals surface area contributed by atoms with Gasteiger partial charge in [-0.15, -0.1) is 0 Å². The zero-order valence-corrected chi connectivity index (χ0v) is 12.7. The van der Waals surface area contributed by atoms with E-state index in [9.17, 15) is 0 Å². The SMILES string of the molecule is C[C@@H](NC1Cc2ccccc2C1)c1ccccc1Br. The molecule has 0 spiro atoms. The molecule has 0 bridgehead atoms. The van der Waals surface area contributed by atoms with Crippen LogP contribution >= 0.6 is 15.9 Å². The summed E-state index contributed by atoms with van der Waals surface area (Å²) < 4.78 is 1.19. The molecule has 2 aromatic rings. The van der Waals surface area contributed by atoms with Crippen LogP contribution in [0.2, 0.25) is 0 Å². The maximum absolute atomic E-state index is 3.75. The molecule has 98 valence electrons. The maximum atomic E-state index is 3.75. The molecule has 0 aliphatic heterocycles. The van der Waals surface area contributed by atoms with Crippen LogP contribution in [0.25, 0.3) is 0 Å². The number of rotatable bonds is 3. The van der Waals surface area contributed by atoms with Gasteiger partial charge in [0, 0.05) is 16.6 Å². The van der Waals surface area contributed by atoms with Gasteiger partial charge in [0.1, 0.15) is 0 Å². The zero-order chi connectivity index (χ0) is 13.2. The van der Waals surface area contributed by atoms with E-state index in [-0.39, 0.29) is 0 Å². The second kappa shape index (κ2) is 5.48. The first-order chi connectivity index (χ1) is 9.24. The van der Waals surface area contributed by atoms with Crippen molar-refractivity contribution in [2.45, 2.75) is 31.8 Å². The summed E-state index contributed by atoms with van der Waals surface area (Å²) in [5, 5.41) is 3.75.